The molecular formula is C14H15NO4. The molecule has 0 aliphatic rings. The van der Waals surface area contributed by atoms with E-state index in [1.54, 1.807) is 7.11 Å². The van der Waals surface area contributed by atoms with Crippen LogP contribution in [0.1, 0.15) is 22.5 Å². The number of aromatic nitrogens is 1. The molecule has 1 N–H and O–H groups in total. The van der Waals surface area contributed by atoms with Crippen LogP contribution in [0.3, 0.4) is 0 Å². The number of para-hydroxylation sites is 1. The fourth-order valence-electron chi connectivity index (χ4n) is 2.07. The Labute approximate surface area is 110 Å². The van der Waals surface area contributed by atoms with Gasteiger partial charge in [-0.3, -0.25) is 9.59 Å². The number of ether oxygens (including phenoxy) is 2. The molecule has 5 nitrogen and oxygen atoms in total. The number of esters is 1. The summed E-state index contributed by atoms with van der Waals surface area (Å²) < 4.78 is 9.75. The highest BCUT2D eigenvalue weighted by Gasteiger charge is 2.19. The Bertz CT molecular complexity index is 642. The van der Waals surface area contributed by atoms with Crippen LogP contribution < -0.4 is 4.74 Å². The molecular weight excluding hydrogens is 246 g/mol. The largest absolute Gasteiger partial charge is 0.495 e. The van der Waals surface area contributed by atoms with Crippen molar-refractivity contribution in [1.29, 1.82) is 0 Å². The summed E-state index contributed by atoms with van der Waals surface area (Å²) >= 11 is 0. The van der Waals surface area contributed by atoms with E-state index in [2.05, 4.69) is 9.72 Å². The first-order valence-electron chi connectivity index (χ1n) is 5.83. The van der Waals surface area contributed by atoms with E-state index in [0.717, 1.165) is 16.5 Å². The lowest BCUT2D eigenvalue weighted by molar-refractivity contribution is -0.139. The van der Waals surface area contributed by atoms with Crippen molar-refractivity contribution in [2.75, 3.05) is 14.2 Å². The van der Waals surface area contributed by atoms with Crippen molar-refractivity contribution in [3.8, 4) is 5.75 Å². The summed E-state index contributed by atoms with van der Waals surface area (Å²) in [6.07, 6.45) is -0.271. The van der Waals surface area contributed by atoms with E-state index >= 15 is 0 Å². The first-order valence-corrected chi connectivity index (χ1v) is 5.83. The second-order valence-corrected chi connectivity index (χ2v) is 4.18. The summed E-state index contributed by atoms with van der Waals surface area (Å²) in [5.41, 5.74) is 1.99. The molecule has 0 aliphatic carbocycles. The number of methoxy groups -OCH3 is 2. The van der Waals surface area contributed by atoms with Gasteiger partial charge in [-0.1, -0.05) is 12.1 Å². The predicted molar refractivity (Wildman–Crippen MR) is 70.6 cm³/mol. The van der Waals surface area contributed by atoms with Gasteiger partial charge in [0.2, 0.25) is 0 Å². The molecule has 5 heteroatoms. The van der Waals surface area contributed by atoms with Crippen LogP contribution in [0.25, 0.3) is 10.9 Å². The van der Waals surface area contributed by atoms with E-state index in [4.69, 9.17) is 4.74 Å². The fourth-order valence-corrected chi connectivity index (χ4v) is 2.07. The lowest BCUT2D eigenvalue weighted by Gasteiger charge is -2.00. The minimum atomic E-state index is -0.546. The Morgan fingerprint density at radius 1 is 1.26 bits per heavy atom. The van der Waals surface area contributed by atoms with Gasteiger partial charge in [0.05, 0.1) is 25.4 Å². The van der Waals surface area contributed by atoms with Gasteiger partial charge >= 0.3 is 5.97 Å². The zero-order valence-electron chi connectivity index (χ0n) is 11.1. The van der Waals surface area contributed by atoms with Crippen molar-refractivity contribution < 1.29 is 19.1 Å². The summed E-state index contributed by atoms with van der Waals surface area (Å²) in [6, 6.07) is 5.57. The number of fused-ring (bicyclic) bond motifs is 1. The van der Waals surface area contributed by atoms with Gasteiger partial charge < -0.3 is 14.5 Å². The maximum Gasteiger partial charge on any atom is 0.313 e. The van der Waals surface area contributed by atoms with Crippen molar-refractivity contribution >= 4 is 22.7 Å². The van der Waals surface area contributed by atoms with Crippen LogP contribution in [-0.4, -0.2) is 31.0 Å². The third-order valence-corrected chi connectivity index (χ3v) is 3.09. The number of ketones is 1. The van der Waals surface area contributed by atoms with E-state index in [0.29, 0.717) is 11.4 Å². The van der Waals surface area contributed by atoms with Gasteiger partial charge in [-0.15, -0.1) is 0 Å². The summed E-state index contributed by atoms with van der Waals surface area (Å²) in [4.78, 5) is 26.2. The number of carbonyl (C=O) groups excluding carboxylic acids is 2. The number of Topliss-reactive ketones (excluding diaryl/α,β-unsaturated/α-hetero) is 1. The minimum absolute atomic E-state index is 0.271. The molecule has 0 amide bonds. The van der Waals surface area contributed by atoms with Crippen LogP contribution in [0.4, 0.5) is 0 Å². The molecule has 0 atom stereocenters. The zero-order chi connectivity index (χ0) is 14.0. The lowest BCUT2D eigenvalue weighted by atomic mass is 10.1. The lowest BCUT2D eigenvalue weighted by Crippen LogP contribution is -2.10. The average molecular weight is 261 g/mol. The molecule has 2 aromatic rings. The van der Waals surface area contributed by atoms with E-state index in [1.165, 1.54) is 7.11 Å². The van der Waals surface area contributed by atoms with Gasteiger partial charge in [0.25, 0.3) is 0 Å². The Kier molecular flexibility index (Phi) is 3.55. The highest BCUT2D eigenvalue weighted by Crippen LogP contribution is 2.29. The molecule has 0 saturated heterocycles. The predicted octanol–water partition coefficient (Wildman–Crippen LogP) is 2.23. The maximum absolute atomic E-state index is 12.0. The fraction of sp³-hybridized carbons (Fsp3) is 0.286. The third-order valence-electron chi connectivity index (χ3n) is 3.09. The normalized spacial score (nSPS) is 10.5. The van der Waals surface area contributed by atoms with E-state index < -0.39 is 5.97 Å². The SMILES string of the molecule is COC(=O)CC(=O)c1[nH]c2c(OC)cccc2c1C. The van der Waals surface area contributed by atoms with Crippen molar-refractivity contribution in [3.05, 3.63) is 29.5 Å². The van der Waals surface area contributed by atoms with Crippen LogP contribution in [0.2, 0.25) is 0 Å². The third kappa shape index (κ3) is 2.31. The standard InChI is InChI=1S/C14H15NO4/c1-8-9-5-4-6-11(18-2)14(9)15-13(8)10(16)7-12(17)19-3/h4-6,15H,7H2,1-3H3. The monoisotopic (exact) mass is 261 g/mol. The quantitative estimate of drug-likeness (QED) is 0.520. The van der Waals surface area contributed by atoms with Crippen LogP contribution >= 0.6 is 0 Å². The topological polar surface area (TPSA) is 68.4 Å². The number of aryl methyl sites for hydroxylation is 1. The molecule has 0 fully saturated rings. The van der Waals surface area contributed by atoms with Crippen LogP contribution in [0.5, 0.6) is 5.75 Å². The number of rotatable bonds is 4. The minimum Gasteiger partial charge on any atom is -0.495 e. The molecule has 2 rings (SSSR count). The first-order chi connectivity index (χ1) is 9.08. The number of benzene rings is 1. The highest BCUT2D eigenvalue weighted by molar-refractivity contribution is 6.09. The van der Waals surface area contributed by atoms with Crippen LogP contribution in [0.15, 0.2) is 18.2 Å². The molecule has 0 bridgehead atoms. The summed E-state index contributed by atoms with van der Waals surface area (Å²) in [5, 5.41) is 0.910. The second kappa shape index (κ2) is 5.14. The Hall–Kier alpha value is -2.30. The second-order valence-electron chi connectivity index (χ2n) is 4.18. The number of carbonyl (C=O) groups is 2. The van der Waals surface area contributed by atoms with E-state index in [-0.39, 0.29) is 12.2 Å². The van der Waals surface area contributed by atoms with Crippen molar-refractivity contribution in [2.45, 2.75) is 13.3 Å². The smallest absolute Gasteiger partial charge is 0.313 e. The van der Waals surface area contributed by atoms with Gasteiger partial charge in [-0.05, 0) is 18.6 Å². The zero-order valence-corrected chi connectivity index (χ0v) is 11.1. The Morgan fingerprint density at radius 2 is 2.00 bits per heavy atom. The van der Waals surface area contributed by atoms with Crippen LogP contribution in [0, 0.1) is 6.92 Å². The molecule has 1 aromatic heterocycles. The summed E-state index contributed by atoms with van der Waals surface area (Å²) in [5.74, 6) is -0.171. The van der Waals surface area contributed by atoms with Gasteiger partial charge in [0.1, 0.15) is 12.2 Å². The molecule has 0 radical (unpaired) electrons. The Balaban J connectivity index is 2.47. The molecule has 1 heterocycles. The highest BCUT2D eigenvalue weighted by atomic mass is 16.5. The molecule has 0 unspecified atom stereocenters. The van der Waals surface area contributed by atoms with Gasteiger partial charge in [0, 0.05) is 5.39 Å². The molecule has 0 aliphatic heterocycles. The Morgan fingerprint density at radius 3 is 2.63 bits per heavy atom. The van der Waals surface area contributed by atoms with Crippen molar-refractivity contribution in [3.63, 3.8) is 0 Å². The number of hydrogen-bond donors (Lipinski definition) is 1. The number of H-pyrrole nitrogens is 1. The van der Waals surface area contributed by atoms with Gasteiger partial charge in [-0.25, -0.2) is 0 Å². The van der Waals surface area contributed by atoms with Crippen molar-refractivity contribution in [1.82, 2.24) is 4.98 Å². The number of hydrogen-bond acceptors (Lipinski definition) is 4. The van der Waals surface area contributed by atoms with E-state index in [1.807, 2.05) is 25.1 Å². The number of aromatic amines is 1. The van der Waals surface area contributed by atoms with E-state index in [9.17, 15) is 9.59 Å². The van der Waals surface area contributed by atoms with Crippen LogP contribution in [-0.2, 0) is 9.53 Å². The number of nitrogens with one attached hydrogen (secondary N) is 1. The summed E-state index contributed by atoms with van der Waals surface area (Å²) in [6.45, 7) is 1.84. The van der Waals surface area contributed by atoms with Gasteiger partial charge in [0.15, 0.2) is 5.78 Å². The molecule has 100 valence electrons. The molecule has 0 saturated carbocycles. The molecule has 0 spiro atoms. The maximum atomic E-state index is 12.0. The van der Waals surface area contributed by atoms with Gasteiger partial charge in [-0.2, -0.15) is 0 Å². The first kappa shape index (κ1) is 13.1. The molecule has 19 heavy (non-hydrogen) atoms. The van der Waals surface area contributed by atoms with Crippen molar-refractivity contribution in [2.24, 2.45) is 0 Å². The summed E-state index contributed by atoms with van der Waals surface area (Å²) in [7, 11) is 2.83. The average Bonchev–Trinajstić information content (AvgIpc) is 2.76. The molecule has 1 aromatic carbocycles.